The molecule has 0 radical (unpaired) electrons. The van der Waals surface area contributed by atoms with Crippen LogP contribution in [0.3, 0.4) is 0 Å². The van der Waals surface area contributed by atoms with Gasteiger partial charge in [0.1, 0.15) is 16.3 Å². The molecule has 2 atom stereocenters. The maximum Gasteiger partial charge on any atom is 0.303 e. The number of hydrogen-bond donors (Lipinski definition) is 7. The minimum Gasteiger partial charge on any atom is -0.481 e. The molecular formula is C52H67N2O24S6+. The van der Waals surface area contributed by atoms with Crippen LogP contribution in [-0.2, 0) is 95.3 Å². The first-order chi connectivity index (χ1) is 39.0. The lowest BCUT2D eigenvalue weighted by Gasteiger charge is -2.31. The molecule has 0 spiro atoms. The van der Waals surface area contributed by atoms with Crippen LogP contribution in [0.4, 0.5) is 11.4 Å². The first-order valence-corrected chi connectivity index (χ1v) is 35.0. The molecule has 7 N–H and O–H groups in total. The third-order valence-corrected chi connectivity index (χ3v) is 19.5. The molecule has 4 aromatic carbocycles. The summed E-state index contributed by atoms with van der Waals surface area (Å²) in [7, 11) is -28.3. The molecule has 0 amide bonds. The van der Waals surface area contributed by atoms with Crippen molar-refractivity contribution >= 4 is 105 Å². The van der Waals surface area contributed by atoms with Gasteiger partial charge in [0.05, 0.1) is 66.4 Å². The molecule has 0 saturated heterocycles. The lowest BCUT2D eigenvalue weighted by atomic mass is 9.74. The van der Waals surface area contributed by atoms with E-state index < -0.39 is 109 Å². The molecule has 4 aromatic rings. The van der Waals surface area contributed by atoms with Crippen molar-refractivity contribution in [2.45, 2.75) is 95.6 Å². The van der Waals surface area contributed by atoms with Gasteiger partial charge in [0.2, 0.25) is 5.69 Å². The van der Waals surface area contributed by atoms with Gasteiger partial charge in [-0.25, -0.2) is 0 Å². The Morgan fingerprint density at radius 2 is 1.08 bits per heavy atom. The summed E-state index contributed by atoms with van der Waals surface area (Å²) in [6.07, 6.45) is 8.36. The number of allylic oxidation sites excluding steroid dienone is 6. The molecular weight excluding hydrogens is 1230 g/mol. The average molecular weight is 1300 g/mol. The van der Waals surface area contributed by atoms with E-state index in [1.807, 2.05) is 4.90 Å². The number of ether oxygens (including phenoxy) is 4. The van der Waals surface area contributed by atoms with Crippen LogP contribution in [0.5, 0.6) is 0 Å². The van der Waals surface area contributed by atoms with E-state index >= 15 is 0 Å². The van der Waals surface area contributed by atoms with Crippen LogP contribution < -0.4 is 4.90 Å². The number of rotatable bonds is 33. The Morgan fingerprint density at radius 3 is 1.61 bits per heavy atom. The summed E-state index contributed by atoms with van der Waals surface area (Å²) < 4.78 is 235. The Labute approximate surface area is 487 Å². The molecule has 2 unspecified atom stereocenters. The molecule has 32 heteroatoms. The molecule has 0 aromatic heterocycles. The number of carboxylic acids is 1. The van der Waals surface area contributed by atoms with Crippen LogP contribution in [0.2, 0.25) is 0 Å². The van der Waals surface area contributed by atoms with Gasteiger partial charge in [-0.05, 0) is 105 Å². The molecule has 0 bridgehead atoms. The second kappa shape index (κ2) is 27.3. The summed E-state index contributed by atoms with van der Waals surface area (Å²) in [4.78, 5) is 9.83. The van der Waals surface area contributed by atoms with Gasteiger partial charge < -0.3 is 29.0 Å². The Kier molecular flexibility index (Phi) is 22.1. The number of anilines is 1. The number of carboxylic acid groups (broad SMARTS) is 1. The monoisotopic (exact) mass is 1300 g/mol. The highest BCUT2D eigenvalue weighted by Gasteiger charge is 2.50. The van der Waals surface area contributed by atoms with Crippen molar-refractivity contribution in [1.82, 2.24) is 0 Å². The molecule has 2 heterocycles. The third-order valence-electron chi connectivity index (χ3n) is 14.4. The quantitative estimate of drug-likeness (QED) is 0.0128. The summed E-state index contributed by atoms with van der Waals surface area (Å²) in [5.74, 6) is -2.54. The molecule has 0 aliphatic carbocycles. The summed E-state index contributed by atoms with van der Waals surface area (Å²) in [6, 6.07) is 8.84. The maximum absolute atomic E-state index is 12.9. The summed E-state index contributed by atoms with van der Waals surface area (Å²) in [5, 5.41) is 8.94. The smallest absolute Gasteiger partial charge is 0.303 e. The van der Waals surface area contributed by atoms with Crippen molar-refractivity contribution in [2.24, 2.45) is 0 Å². The highest BCUT2D eigenvalue weighted by Crippen LogP contribution is 2.54. The highest BCUT2D eigenvalue weighted by molar-refractivity contribution is 7.87. The van der Waals surface area contributed by atoms with E-state index in [4.69, 9.17) is 18.9 Å². The van der Waals surface area contributed by atoms with E-state index in [0.717, 1.165) is 12.1 Å². The van der Waals surface area contributed by atoms with Gasteiger partial charge in [-0.15, -0.1) is 0 Å². The second-order valence-electron chi connectivity index (χ2n) is 20.3. The molecule has 6 rings (SSSR count). The van der Waals surface area contributed by atoms with Crippen molar-refractivity contribution < 1.29 is 111 Å². The topological polar surface area (TPSA) is 407 Å². The lowest BCUT2D eigenvalue weighted by Crippen LogP contribution is -2.32. The van der Waals surface area contributed by atoms with Crippen LogP contribution >= 0.6 is 0 Å². The SMILES string of the molecule is COCCOCCOCCOCCC1(C)\C(=C/C=C/C=C/C2=[N+](CCCS(=O)(=O)O)c3ccc4c(S(=O)(=O)O)cc(S(=O)(=O)O)cc4c3C2(C)CCCS(=O)(=O)O)N(CCCCCC(=O)O)c2ccc3c(S(=O)(=O)O)cc(S(=O)(=O)O)cc3c21. The van der Waals surface area contributed by atoms with Gasteiger partial charge in [0.25, 0.3) is 60.7 Å². The summed E-state index contributed by atoms with van der Waals surface area (Å²) in [6.45, 7) is 5.01. The molecule has 2 aliphatic heterocycles. The largest absolute Gasteiger partial charge is 0.481 e. The van der Waals surface area contributed by atoms with E-state index in [-0.39, 0.29) is 110 Å². The number of benzene rings is 4. The zero-order chi connectivity index (χ0) is 62.3. The van der Waals surface area contributed by atoms with Crippen molar-refractivity contribution in [1.29, 1.82) is 0 Å². The Balaban J connectivity index is 1.54. The number of nitrogens with zero attached hydrogens (tertiary/aromatic N) is 2. The fraction of sp³-hybridized carbons (Fsp3) is 0.462. The predicted molar refractivity (Wildman–Crippen MR) is 307 cm³/mol. The third kappa shape index (κ3) is 16.9. The number of carbonyl (C=O) groups is 1. The van der Waals surface area contributed by atoms with Crippen molar-refractivity contribution in [3.05, 3.63) is 95.7 Å². The van der Waals surface area contributed by atoms with Gasteiger partial charge in [0, 0.05) is 78.4 Å². The van der Waals surface area contributed by atoms with Gasteiger partial charge in [-0.1, -0.05) is 30.7 Å². The average Bonchev–Trinajstić information content (AvgIpc) is 2.27. The van der Waals surface area contributed by atoms with Crippen molar-refractivity contribution in [2.75, 3.05) is 82.9 Å². The normalized spacial score (nSPS) is 18.6. The molecule has 464 valence electrons. The molecule has 0 fully saturated rings. The fourth-order valence-electron chi connectivity index (χ4n) is 10.8. The number of methoxy groups -OCH3 is 1. The van der Waals surface area contributed by atoms with E-state index in [1.54, 1.807) is 48.8 Å². The molecule has 2 aliphatic rings. The fourth-order valence-corrected chi connectivity index (χ4v) is 14.4. The highest BCUT2D eigenvalue weighted by atomic mass is 32.2. The predicted octanol–water partition coefficient (Wildman–Crippen LogP) is 5.79. The molecule has 26 nitrogen and oxygen atoms in total. The summed E-state index contributed by atoms with van der Waals surface area (Å²) in [5.41, 5.74) is -0.771. The zero-order valence-corrected chi connectivity index (χ0v) is 50.8. The summed E-state index contributed by atoms with van der Waals surface area (Å²) >= 11 is 0. The lowest BCUT2D eigenvalue weighted by molar-refractivity contribution is -0.437. The van der Waals surface area contributed by atoms with Gasteiger partial charge in [-0.2, -0.15) is 55.1 Å². The van der Waals surface area contributed by atoms with Crippen LogP contribution in [0.1, 0.15) is 76.3 Å². The first kappa shape index (κ1) is 68.0. The zero-order valence-electron chi connectivity index (χ0n) is 45.9. The van der Waals surface area contributed by atoms with Crippen molar-refractivity contribution in [3.8, 4) is 0 Å². The first-order valence-electron chi connectivity index (χ1n) is 26.0. The van der Waals surface area contributed by atoms with Crippen LogP contribution in [0, 0.1) is 0 Å². The standard InChI is InChI=1S/C52H66N2O24S6/c1-51(19-10-30-79(57,58)59)46(54(22-11-31-80(60,61)62)42-17-15-38-40(49(42)51)32-36(81(63,64)65)34-44(38)83(69,70)71)12-6-4-7-13-47-52(2,20-23-76-26-27-78-29-28-77-25-24-75-3)50-41-33-37(82(66,67)68)35-45(84(72,73)74)39(41)16-18-43(50)53(47)21-9-5-8-14-48(55)56/h4,6-7,12-13,15-18,32-35H,5,8-11,14,19-31H2,1-3H3,(H6-,55,56,57,58,59,60,61,62,63,64,65,66,67,68,69,70,71,72,73,74)/p+1. The molecule has 0 saturated carbocycles. The molecule has 84 heavy (non-hydrogen) atoms. The van der Waals surface area contributed by atoms with Crippen LogP contribution in [0.15, 0.2) is 104 Å². The second-order valence-corrected chi connectivity index (χ2v) is 29.1. The van der Waals surface area contributed by atoms with E-state index in [0.29, 0.717) is 68.2 Å². The van der Waals surface area contributed by atoms with Gasteiger partial charge >= 0.3 is 5.97 Å². The van der Waals surface area contributed by atoms with Crippen molar-refractivity contribution in [3.63, 3.8) is 0 Å². The van der Waals surface area contributed by atoms with E-state index in [2.05, 4.69) is 0 Å². The van der Waals surface area contributed by atoms with E-state index in [1.165, 1.54) is 31.4 Å². The number of fused-ring (bicyclic) bond motifs is 6. The van der Waals surface area contributed by atoms with Crippen LogP contribution in [-0.4, -0.2) is 177 Å². The Morgan fingerprint density at radius 1 is 0.560 bits per heavy atom. The maximum atomic E-state index is 12.9. The number of aliphatic carboxylic acids is 1. The Hall–Kier alpha value is -5.14. The van der Waals surface area contributed by atoms with E-state index in [9.17, 15) is 87.7 Å². The van der Waals surface area contributed by atoms with Gasteiger partial charge in [-0.3, -0.25) is 32.1 Å². The van der Waals surface area contributed by atoms with Gasteiger partial charge in [0.15, 0.2) is 5.71 Å². The minimum absolute atomic E-state index is 0.0190. The number of hydrogen-bond acceptors (Lipinski definition) is 18. The number of unbranched alkanes of at least 4 members (excludes halogenated alkanes) is 2. The Bertz CT molecular complexity index is 3990. The minimum atomic E-state index is -5.21. The van der Waals surface area contributed by atoms with Crippen LogP contribution in [0.25, 0.3) is 21.5 Å².